The van der Waals surface area contributed by atoms with E-state index in [2.05, 4.69) is 24.8 Å². The zero-order valence-corrected chi connectivity index (χ0v) is 13.2. The molecule has 114 valence electrons. The fourth-order valence-electron chi connectivity index (χ4n) is 2.47. The molecule has 0 N–H and O–H groups in total. The molecule has 0 amide bonds. The van der Waals surface area contributed by atoms with Crippen LogP contribution in [0.15, 0.2) is 54.6 Å². The third kappa shape index (κ3) is 4.09. The molecule has 0 aliphatic rings. The maximum absolute atomic E-state index is 9.48. The highest BCUT2D eigenvalue weighted by Gasteiger charge is 2.17. The van der Waals surface area contributed by atoms with Gasteiger partial charge in [0, 0.05) is 0 Å². The molecule has 0 aliphatic carbocycles. The molecule has 0 spiro atoms. The Morgan fingerprint density at radius 1 is 1.05 bits per heavy atom. The van der Waals surface area contributed by atoms with Crippen molar-refractivity contribution in [3.63, 3.8) is 0 Å². The van der Waals surface area contributed by atoms with Crippen molar-refractivity contribution < 1.29 is 4.74 Å². The lowest BCUT2D eigenvalue weighted by molar-refractivity contribution is 0.260. The third-order valence-electron chi connectivity index (χ3n) is 3.72. The van der Waals surface area contributed by atoms with Gasteiger partial charge in [-0.05, 0) is 36.3 Å². The number of benzene rings is 2. The molecule has 0 saturated heterocycles. The Labute approximate surface area is 132 Å². The highest BCUT2D eigenvalue weighted by Crippen LogP contribution is 2.24. The summed E-state index contributed by atoms with van der Waals surface area (Å²) in [6.07, 6.45) is 0. The van der Waals surface area contributed by atoms with Crippen LogP contribution in [0, 0.1) is 11.3 Å². The van der Waals surface area contributed by atoms with Crippen LogP contribution in [0.25, 0.3) is 0 Å². The zero-order valence-electron chi connectivity index (χ0n) is 13.2. The van der Waals surface area contributed by atoms with Crippen LogP contribution < -0.4 is 4.74 Å². The first-order chi connectivity index (χ1) is 10.8. The standard InChI is InChI=1S/C19H22N2O/c1-3-21(4-2)19(14-20)17-11-8-12-18(13-17)22-15-16-9-6-5-7-10-16/h5-13,19H,3-4,15H2,1-2H3. The lowest BCUT2D eigenvalue weighted by Gasteiger charge is -2.24. The van der Waals surface area contributed by atoms with Crippen LogP contribution >= 0.6 is 0 Å². The van der Waals surface area contributed by atoms with Crippen molar-refractivity contribution in [3.8, 4) is 11.8 Å². The number of rotatable bonds is 7. The van der Waals surface area contributed by atoms with Crippen LogP contribution in [-0.2, 0) is 6.61 Å². The monoisotopic (exact) mass is 294 g/mol. The Bertz CT molecular complexity index is 615. The van der Waals surface area contributed by atoms with Gasteiger partial charge in [-0.2, -0.15) is 5.26 Å². The van der Waals surface area contributed by atoms with Gasteiger partial charge in [0.2, 0.25) is 0 Å². The minimum Gasteiger partial charge on any atom is -0.489 e. The van der Waals surface area contributed by atoms with Gasteiger partial charge in [0.1, 0.15) is 18.4 Å². The summed E-state index contributed by atoms with van der Waals surface area (Å²) in [5.41, 5.74) is 2.12. The highest BCUT2D eigenvalue weighted by atomic mass is 16.5. The normalized spacial score (nSPS) is 11.9. The summed E-state index contributed by atoms with van der Waals surface area (Å²) in [4.78, 5) is 2.14. The molecule has 0 aliphatic heterocycles. The van der Waals surface area contributed by atoms with Crippen molar-refractivity contribution in [2.45, 2.75) is 26.5 Å². The van der Waals surface area contributed by atoms with Gasteiger partial charge >= 0.3 is 0 Å². The topological polar surface area (TPSA) is 36.3 Å². The lowest BCUT2D eigenvalue weighted by atomic mass is 10.1. The van der Waals surface area contributed by atoms with Crippen molar-refractivity contribution in [2.24, 2.45) is 0 Å². The summed E-state index contributed by atoms with van der Waals surface area (Å²) in [6.45, 7) is 6.38. The van der Waals surface area contributed by atoms with Crippen LogP contribution in [0.2, 0.25) is 0 Å². The minimum atomic E-state index is -0.227. The van der Waals surface area contributed by atoms with Crippen molar-refractivity contribution in [2.75, 3.05) is 13.1 Å². The Morgan fingerprint density at radius 3 is 2.41 bits per heavy atom. The summed E-state index contributed by atoms with van der Waals surface area (Å²) in [7, 11) is 0. The molecule has 0 heterocycles. The van der Waals surface area contributed by atoms with Crippen LogP contribution in [0.1, 0.15) is 31.0 Å². The second-order valence-corrected chi connectivity index (χ2v) is 5.10. The van der Waals surface area contributed by atoms with Gasteiger partial charge in [0.05, 0.1) is 6.07 Å². The first-order valence-corrected chi connectivity index (χ1v) is 7.68. The molecule has 0 radical (unpaired) electrons. The van der Waals surface area contributed by atoms with E-state index in [1.54, 1.807) is 0 Å². The van der Waals surface area contributed by atoms with Crippen molar-refractivity contribution in [1.29, 1.82) is 5.26 Å². The van der Waals surface area contributed by atoms with Gasteiger partial charge in [-0.1, -0.05) is 56.3 Å². The van der Waals surface area contributed by atoms with Crippen LogP contribution in [0.3, 0.4) is 0 Å². The SMILES string of the molecule is CCN(CC)C(C#N)c1cccc(OCc2ccccc2)c1. The molecular weight excluding hydrogens is 272 g/mol. The average Bonchev–Trinajstić information content (AvgIpc) is 2.59. The Morgan fingerprint density at radius 2 is 1.77 bits per heavy atom. The largest absolute Gasteiger partial charge is 0.489 e. The fourth-order valence-corrected chi connectivity index (χ4v) is 2.47. The van der Waals surface area contributed by atoms with Crippen molar-refractivity contribution in [3.05, 3.63) is 65.7 Å². The molecule has 0 saturated carbocycles. The molecule has 0 aromatic heterocycles. The molecule has 1 unspecified atom stereocenters. The maximum Gasteiger partial charge on any atom is 0.123 e. The molecule has 3 heteroatoms. The first kappa shape index (κ1) is 16.1. The summed E-state index contributed by atoms with van der Waals surface area (Å²) in [5, 5.41) is 9.48. The zero-order chi connectivity index (χ0) is 15.8. The van der Waals surface area contributed by atoms with E-state index in [0.29, 0.717) is 6.61 Å². The molecule has 2 aromatic rings. The summed E-state index contributed by atoms with van der Waals surface area (Å²) >= 11 is 0. The molecule has 3 nitrogen and oxygen atoms in total. The van der Waals surface area contributed by atoms with Crippen molar-refractivity contribution in [1.82, 2.24) is 4.90 Å². The third-order valence-corrected chi connectivity index (χ3v) is 3.72. The second-order valence-electron chi connectivity index (χ2n) is 5.10. The molecule has 2 aromatic carbocycles. The summed E-state index contributed by atoms with van der Waals surface area (Å²) in [5.74, 6) is 0.800. The van der Waals surface area contributed by atoms with Crippen LogP contribution in [-0.4, -0.2) is 18.0 Å². The van der Waals surface area contributed by atoms with Gasteiger partial charge < -0.3 is 4.74 Å². The smallest absolute Gasteiger partial charge is 0.123 e. The molecule has 22 heavy (non-hydrogen) atoms. The van der Waals surface area contributed by atoms with Crippen LogP contribution in [0.4, 0.5) is 0 Å². The predicted octanol–water partition coefficient (Wildman–Crippen LogP) is 4.17. The maximum atomic E-state index is 9.48. The molecular formula is C19H22N2O. The van der Waals surface area contributed by atoms with Crippen LogP contribution in [0.5, 0.6) is 5.75 Å². The predicted molar refractivity (Wildman–Crippen MR) is 88.5 cm³/mol. The number of nitrogens with zero attached hydrogens (tertiary/aromatic N) is 2. The van der Waals surface area contributed by atoms with Gasteiger partial charge in [-0.25, -0.2) is 0 Å². The van der Waals surface area contributed by atoms with E-state index in [9.17, 15) is 5.26 Å². The van der Waals surface area contributed by atoms with E-state index in [0.717, 1.165) is 30.0 Å². The first-order valence-electron chi connectivity index (χ1n) is 7.68. The van der Waals surface area contributed by atoms with Gasteiger partial charge in [0.25, 0.3) is 0 Å². The van der Waals surface area contributed by atoms with Gasteiger partial charge in [-0.3, -0.25) is 4.90 Å². The summed E-state index contributed by atoms with van der Waals surface area (Å²) < 4.78 is 5.85. The minimum absolute atomic E-state index is 0.227. The number of ether oxygens (including phenoxy) is 1. The lowest BCUT2D eigenvalue weighted by Crippen LogP contribution is -2.27. The Hall–Kier alpha value is -2.31. The molecule has 0 bridgehead atoms. The fraction of sp³-hybridized carbons (Fsp3) is 0.316. The van der Waals surface area contributed by atoms with E-state index in [4.69, 9.17) is 4.74 Å². The van der Waals surface area contributed by atoms with Gasteiger partial charge in [0.15, 0.2) is 0 Å². The molecule has 0 fully saturated rings. The average molecular weight is 294 g/mol. The Balaban J connectivity index is 2.10. The van der Waals surface area contributed by atoms with E-state index in [-0.39, 0.29) is 6.04 Å². The molecule has 1 atom stereocenters. The van der Waals surface area contributed by atoms with E-state index in [1.807, 2.05) is 54.6 Å². The highest BCUT2D eigenvalue weighted by molar-refractivity contribution is 5.33. The van der Waals surface area contributed by atoms with E-state index >= 15 is 0 Å². The number of hydrogen-bond acceptors (Lipinski definition) is 3. The number of hydrogen-bond donors (Lipinski definition) is 0. The van der Waals surface area contributed by atoms with E-state index in [1.165, 1.54) is 0 Å². The summed E-state index contributed by atoms with van der Waals surface area (Å²) in [6, 6.07) is 20.1. The number of nitriles is 1. The quantitative estimate of drug-likeness (QED) is 0.769. The second kappa shape index (κ2) is 8.21. The molecule has 2 rings (SSSR count). The van der Waals surface area contributed by atoms with Crippen molar-refractivity contribution >= 4 is 0 Å². The van der Waals surface area contributed by atoms with Gasteiger partial charge in [-0.15, -0.1) is 0 Å². The Kier molecular flexibility index (Phi) is 6.00. The van der Waals surface area contributed by atoms with E-state index < -0.39 is 0 Å².